The van der Waals surface area contributed by atoms with Crippen LogP contribution in [0.2, 0.25) is 0 Å². The lowest BCUT2D eigenvalue weighted by Crippen LogP contribution is -2.34. The smallest absolute Gasteiger partial charge is 0.0232 e. The van der Waals surface area contributed by atoms with Crippen molar-refractivity contribution in [1.29, 1.82) is 0 Å². The van der Waals surface area contributed by atoms with Gasteiger partial charge in [0.15, 0.2) is 0 Å². The summed E-state index contributed by atoms with van der Waals surface area (Å²) in [6.07, 6.45) is 4.23. The van der Waals surface area contributed by atoms with Gasteiger partial charge in [0.1, 0.15) is 0 Å². The van der Waals surface area contributed by atoms with E-state index in [-0.39, 0.29) is 0 Å². The SMILES string of the molecule is CN(C1CC1)C1CCNC1. The largest absolute Gasteiger partial charge is 0.315 e. The van der Waals surface area contributed by atoms with E-state index in [4.69, 9.17) is 0 Å². The molecule has 2 rings (SSSR count). The van der Waals surface area contributed by atoms with Crippen molar-refractivity contribution >= 4 is 0 Å². The summed E-state index contributed by atoms with van der Waals surface area (Å²) in [5.74, 6) is 0. The van der Waals surface area contributed by atoms with E-state index in [9.17, 15) is 0 Å². The van der Waals surface area contributed by atoms with Crippen LogP contribution in [-0.4, -0.2) is 37.1 Å². The number of nitrogens with zero attached hydrogens (tertiary/aromatic N) is 1. The number of likely N-dealkylation sites (N-methyl/N-ethyl adjacent to an activating group) is 1. The van der Waals surface area contributed by atoms with E-state index in [1.807, 2.05) is 0 Å². The Morgan fingerprint density at radius 1 is 1.20 bits per heavy atom. The van der Waals surface area contributed by atoms with Gasteiger partial charge in [0.25, 0.3) is 0 Å². The van der Waals surface area contributed by atoms with E-state index in [0.717, 1.165) is 12.1 Å². The van der Waals surface area contributed by atoms with Gasteiger partial charge in [-0.15, -0.1) is 0 Å². The monoisotopic (exact) mass is 140 g/mol. The standard InChI is InChI=1S/C8H16N2/c1-10(7-2-3-7)8-4-5-9-6-8/h7-9H,2-6H2,1H3. The minimum Gasteiger partial charge on any atom is -0.315 e. The number of hydrogen-bond donors (Lipinski definition) is 1. The normalized spacial score (nSPS) is 33.6. The van der Waals surface area contributed by atoms with Crippen LogP contribution in [0, 0.1) is 0 Å². The molecule has 0 bridgehead atoms. The second-order valence-corrected chi connectivity index (χ2v) is 3.54. The van der Waals surface area contributed by atoms with E-state index in [1.165, 1.54) is 32.4 Å². The third kappa shape index (κ3) is 1.18. The molecule has 1 saturated heterocycles. The number of nitrogens with one attached hydrogen (secondary N) is 1. The summed E-state index contributed by atoms with van der Waals surface area (Å²) in [5, 5.41) is 3.39. The summed E-state index contributed by atoms with van der Waals surface area (Å²) >= 11 is 0. The summed E-state index contributed by atoms with van der Waals surface area (Å²) in [4.78, 5) is 2.56. The van der Waals surface area contributed by atoms with Gasteiger partial charge < -0.3 is 5.32 Å². The van der Waals surface area contributed by atoms with Crippen molar-refractivity contribution in [1.82, 2.24) is 10.2 Å². The highest BCUT2D eigenvalue weighted by Crippen LogP contribution is 2.28. The molecule has 0 spiro atoms. The Balaban J connectivity index is 1.84. The van der Waals surface area contributed by atoms with Crippen molar-refractivity contribution in [2.24, 2.45) is 0 Å². The molecule has 1 unspecified atom stereocenters. The Morgan fingerprint density at radius 3 is 2.50 bits per heavy atom. The Morgan fingerprint density at radius 2 is 2.00 bits per heavy atom. The van der Waals surface area contributed by atoms with Crippen molar-refractivity contribution < 1.29 is 0 Å². The first-order valence-corrected chi connectivity index (χ1v) is 4.30. The maximum absolute atomic E-state index is 3.39. The van der Waals surface area contributed by atoms with Crippen LogP contribution in [-0.2, 0) is 0 Å². The van der Waals surface area contributed by atoms with Crippen LogP contribution < -0.4 is 5.32 Å². The maximum Gasteiger partial charge on any atom is 0.0232 e. The lowest BCUT2D eigenvalue weighted by atomic mass is 10.2. The van der Waals surface area contributed by atoms with E-state index in [1.54, 1.807) is 0 Å². The molecule has 1 saturated carbocycles. The van der Waals surface area contributed by atoms with E-state index < -0.39 is 0 Å². The fourth-order valence-electron chi connectivity index (χ4n) is 1.77. The minimum atomic E-state index is 0.840. The quantitative estimate of drug-likeness (QED) is 0.599. The molecule has 1 N–H and O–H groups in total. The average Bonchev–Trinajstić information content (AvgIpc) is 2.65. The molecule has 1 aliphatic carbocycles. The maximum atomic E-state index is 3.39. The van der Waals surface area contributed by atoms with Crippen molar-refractivity contribution in [3.8, 4) is 0 Å². The predicted molar refractivity (Wildman–Crippen MR) is 42.1 cm³/mol. The van der Waals surface area contributed by atoms with E-state index in [0.29, 0.717) is 0 Å². The number of hydrogen-bond acceptors (Lipinski definition) is 2. The van der Waals surface area contributed by atoms with Crippen LogP contribution in [0.15, 0.2) is 0 Å². The Bertz CT molecular complexity index is 114. The van der Waals surface area contributed by atoms with Gasteiger partial charge >= 0.3 is 0 Å². The van der Waals surface area contributed by atoms with Crippen molar-refractivity contribution in [3.63, 3.8) is 0 Å². The molecule has 58 valence electrons. The van der Waals surface area contributed by atoms with E-state index >= 15 is 0 Å². The number of rotatable bonds is 2. The van der Waals surface area contributed by atoms with Crippen LogP contribution in [0.5, 0.6) is 0 Å². The van der Waals surface area contributed by atoms with Gasteiger partial charge in [0, 0.05) is 18.6 Å². The third-order valence-corrected chi connectivity index (χ3v) is 2.73. The van der Waals surface area contributed by atoms with Crippen LogP contribution in [0.4, 0.5) is 0 Å². The topological polar surface area (TPSA) is 15.3 Å². The molecule has 2 aliphatic rings. The van der Waals surface area contributed by atoms with Crippen molar-refractivity contribution in [2.75, 3.05) is 20.1 Å². The van der Waals surface area contributed by atoms with Crippen LogP contribution in [0.3, 0.4) is 0 Å². The third-order valence-electron chi connectivity index (χ3n) is 2.73. The van der Waals surface area contributed by atoms with Gasteiger partial charge in [0.2, 0.25) is 0 Å². The highest BCUT2D eigenvalue weighted by Gasteiger charge is 2.31. The molecule has 2 heteroatoms. The molecule has 2 nitrogen and oxygen atoms in total. The Hall–Kier alpha value is -0.0800. The summed E-state index contributed by atoms with van der Waals surface area (Å²) < 4.78 is 0. The average molecular weight is 140 g/mol. The summed E-state index contributed by atoms with van der Waals surface area (Å²) in [6, 6.07) is 1.78. The first-order valence-electron chi connectivity index (χ1n) is 4.30. The molecular formula is C8H16N2. The molecule has 0 aromatic carbocycles. The van der Waals surface area contributed by atoms with Crippen LogP contribution >= 0.6 is 0 Å². The molecule has 1 aliphatic heterocycles. The molecule has 0 amide bonds. The van der Waals surface area contributed by atoms with Crippen molar-refractivity contribution in [3.05, 3.63) is 0 Å². The zero-order valence-electron chi connectivity index (χ0n) is 6.64. The predicted octanol–water partition coefficient (Wildman–Crippen LogP) is 0.442. The lowest BCUT2D eigenvalue weighted by Gasteiger charge is -2.22. The molecule has 1 heterocycles. The first-order chi connectivity index (χ1) is 4.88. The molecule has 2 fully saturated rings. The Kier molecular flexibility index (Phi) is 1.66. The van der Waals surface area contributed by atoms with Crippen LogP contribution in [0.25, 0.3) is 0 Å². The van der Waals surface area contributed by atoms with Crippen molar-refractivity contribution in [2.45, 2.75) is 31.3 Å². The minimum absolute atomic E-state index is 0.840. The van der Waals surface area contributed by atoms with Gasteiger partial charge in [-0.05, 0) is 32.9 Å². The summed E-state index contributed by atoms with van der Waals surface area (Å²) in [6.45, 7) is 2.44. The van der Waals surface area contributed by atoms with Gasteiger partial charge in [0.05, 0.1) is 0 Å². The first kappa shape index (κ1) is 6.62. The zero-order valence-corrected chi connectivity index (χ0v) is 6.64. The second-order valence-electron chi connectivity index (χ2n) is 3.54. The van der Waals surface area contributed by atoms with Gasteiger partial charge in [-0.2, -0.15) is 0 Å². The van der Waals surface area contributed by atoms with Gasteiger partial charge in [-0.1, -0.05) is 0 Å². The second kappa shape index (κ2) is 2.51. The fourth-order valence-corrected chi connectivity index (χ4v) is 1.77. The zero-order chi connectivity index (χ0) is 6.97. The lowest BCUT2D eigenvalue weighted by molar-refractivity contribution is 0.247. The highest BCUT2D eigenvalue weighted by molar-refractivity contribution is 4.89. The molecular weight excluding hydrogens is 124 g/mol. The molecule has 10 heavy (non-hydrogen) atoms. The molecule has 0 aromatic heterocycles. The summed E-state index contributed by atoms with van der Waals surface area (Å²) in [5.41, 5.74) is 0. The molecule has 0 radical (unpaired) electrons. The summed E-state index contributed by atoms with van der Waals surface area (Å²) in [7, 11) is 2.27. The molecule has 0 aromatic rings. The fraction of sp³-hybridized carbons (Fsp3) is 1.00. The van der Waals surface area contributed by atoms with Gasteiger partial charge in [-0.3, -0.25) is 4.90 Å². The molecule has 1 atom stereocenters. The Labute approximate surface area is 62.6 Å². The van der Waals surface area contributed by atoms with Crippen LogP contribution in [0.1, 0.15) is 19.3 Å². The van der Waals surface area contributed by atoms with Gasteiger partial charge in [-0.25, -0.2) is 0 Å². The van der Waals surface area contributed by atoms with E-state index in [2.05, 4.69) is 17.3 Å². The highest BCUT2D eigenvalue weighted by atomic mass is 15.2.